The normalized spacial score (nSPS) is 19.4. The highest BCUT2D eigenvalue weighted by atomic mass is 35.5. The molecule has 1 aliphatic rings. The Morgan fingerprint density at radius 2 is 2.40 bits per heavy atom. The lowest BCUT2D eigenvalue weighted by molar-refractivity contribution is 0.0985. The fraction of sp³-hybridized carbons (Fsp3) is 0.692. The highest BCUT2D eigenvalue weighted by Crippen LogP contribution is 2.20. The van der Waals surface area contributed by atoms with Crippen LogP contribution in [0.2, 0.25) is 5.28 Å². The number of halogens is 1. The third kappa shape index (κ3) is 4.48. The largest absolute Gasteiger partial charge is 0.396 e. The summed E-state index contributed by atoms with van der Waals surface area (Å²) in [4.78, 5) is 10.8. The van der Waals surface area contributed by atoms with Gasteiger partial charge in [-0.15, -0.1) is 0 Å². The number of thiol groups is 1. The molecule has 1 N–H and O–H groups in total. The van der Waals surface area contributed by atoms with Gasteiger partial charge in [0.05, 0.1) is 24.9 Å². The van der Waals surface area contributed by atoms with E-state index < -0.39 is 0 Å². The summed E-state index contributed by atoms with van der Waals surface area (Å²) >= 11 is 7.29. The molecule has 0 amide bonds. The molecule has 0 spiro atoms. The number of hydrogen-bond donors (Lipinski definition) is 1. The quantitative estimate of drug-likeness (QED) is 0.368. The predicted octanol–water partition coefficient (Wildman–Crippen LogP) is 1.05. The van der Waals surface area contributed by atoms with Gasteiger partial charge in [0.1, 0.15) is 17.3 Å². The van der Waals surface area contributed by atoms with Crippen LogP contribution >= 0.6 is 11.6 Å². The van der Waals surface area contributed by atoms with E-state index in [2.05, 4.69) is 21.8 Å². The maximum absolute atomic E-state index is 8.78. The van der Waals surface area contributed by atoms with Crippen molar-refractivity contribution in [2.24, 2.45) is 0 Å². The average molecular weight is 319 g/mol. The Hall–Kier alpha value is -0.560. The molecule has 1 aliphatic heterocycles. The molecule has 1 aromatic heterocycles. The number of morpholine rings is 1. The maximum Gasteiger partial charge on any atom is 0.224 e. The van der Waals surface area contributed by atoms with Gasteiger partial charge in [-0.2, -0.15) is 0 Å². The van der Waals surface area contributed by atoms with Gasteiger partial charge in [0.2, 0.25) is 5.28 Å². The molecule has 1 atom stereocenters. The minimum absolute atomic E-state index is 0.244. The Morgan fingerprint density at radius 1 is 1.55 bits per heavy atom. The number of aliphatic hydroxyl groups is 1. The predicted molar refractivity (Wildman–Crippen MR) is 83.7 cm³/mol. The Kier molecular flexibility index (Phi) is 6.35. The number of rotatable bonds is 6. The monoisotopic (exact) mass is 318 g/mol. The molecule has 0 radical (unpaired) electrons. The van der Waals surface area contributed by atoms with E-state index in [-0.39, 0.29) is 6.61 Å². The first-order chi connectivity index (χ1) is 9.70. The van der Waals surface area contributed by atoms with E-state index in [1.54, 1.807) is 0 Å². The van der Waals surface area contributed by atoms with Crippen molar-refractivity contribution in [2.45, 2.75) is 25.1 Å². The zero-order valence-electron chi connectivity index (χ0n) is 11.6. The van der Waals surface area contributed by atoms with Crippen LogP contribution in [0, 0.1) is 0 Å². The van der Waals surface area contributed by atoms with Crippen molar-refractivity contribution in [3.63, 3.8) is 0 Å². The third-order valence-electron chi connectivity index (χ3n) is 3.15. The summed E-state index contributed by atoms with van der Waals surface area (Å²) in [5.74, 6) is 2.70. The van der Waals surface area contributed by atoms with Gasteiger partial charge in [0.25, 0.3) is 0 Å². The van der Waals surface area contributed by atoms with Crippen LogP contribution < -0.4 is 4.90 Å². The molecule has 0 bridgehead atoms. The molecule has 2 rings (SSSR count). The van der Waals surface area contributed by atoms with Crippen molar-refractivity contribution in [1.29, 1.82) is 0 Å². The first-order valence-corrected chi connectivity index (χ1v) is 8.47. The van der Waals surface area contributed by atoms with Gasteiger partial charge in [0, 0.05) is 25.6 Å². The van der Waals surface area contributed by atoms with Crippen molar-refractivity contribution in [3.8, 4) is 0 Å². The Labute approximate surface area is 128 Å². The smallest absolute Gasteiger partial charge is 0.224 e. The summed E-state index contributed by atoms with van der Waals surface area (Å²) in [5.41, 5.74) is 0.957. The number of aliphatic hydroxyl groups excluding tert-OH is 1. The van der Waals surface area contributed by atoms with E-state index in [0.717, 1.165) is 42.6 Å². The summed E-state index contributed by atoms with van der Waals surface area (Å²) in [7, 11) is 0. The van der Waals surface area contributed by atoms with Gasteiger partial charge >= 0.3 is 0 Å². The van der Waals surface area contributed by atoms with Crippen LogP contribution in [0.4, 0.5) is 5.82 Å². The minimum atomic E-state index is 0.244. The summed E-state index contributed by atoms with van der Waals surface area (Å²) in [6, 6.07) is 2.31. The fourth-order valence-electron chi connectivity index (χ4n) is 2.12. The number of nitrogens with zero attached hydrogens (tertiary/aromatic N) is 3. The Bertz CT molecular complexity index is 436. The van der Waals surface area contributed by atoms with Gasteiger partial charge in [-0.3, -0.25) is 0 Å². The molecule has 5 nitrogen and oxygen atoms in total. The van der Waals surface area contributed by atoms with Crippen LogP contribution in [0.5, 0.6) is 0 Å². The van der Waals surface area contributed by atoms with E-state index in [1.807, 2.05) is 6.07 Å². The average Bonchev–Trinajstić information content (AvgIpc) is 2.43. The maximum atomic E-state index is 8.78. The van der Waals surface area contributed by atoms with Gasteiger partial charge in [0.15, 0.2) is 0 Å². The number of anilines is 1. The molecule has 1 saturated heterocycles. The lowest BCUT2D eigenvalue weighted by atomic mass is 10.2. The molecule has 0 unspecified atom stereocenters. The molecule has 0 saturated carbocycles. The van der Waals surface area contributed by atoms with E-state index >= 15 is 0 Å². The van der Waals surface area contributed by atoms with E-state index in [4.69, 9.17) is 21.4 Å². The molecule has 112 valence electrons. The third-order valence-corrected chi connectivity index (χ3v) is 4.50. The highest BCUT2D eigenvalue weighted by Gasteiger charge is 2.21. The van der Waals surface area contributed by atoms with Crippen LogP contribution in [0.25, 0.3) is 0 Å². The molecule has 20 heavy (non-hydrogen) atoms. The van der Waals surface area contributed by atoms with Gasteiger partial charge in [-0.05, 0) is 30.3 Å². The molecule has 0 aromatic carbocycles. The SMILES string of the molecule is C[C@H]1COCCN1c1cc(C[SH+]CCCO)nc(Cl)n1. The Morgan fingerprint density at radius 3 is 3.15 bits per heavy atom. The molecule has 0 aliphatic carbocycles. The molecule has 1 fully saturated rings. The van der Waals surface area contributed by atoms with Crippen molar-refractivity contribution in [3.05, 3.63) is 17.0 Å². The minimum Gasteiger partial charge on any atom is -0.396 e. The molecular formula is C13H21ClN3O2S+. The first-order valence-electron chi connectivity index (χ1n) is 6.82. The fourth-order valence-corrected chi connectivity index (χ4v) is 3.23. The van der Waals surface area contributed by atoms with Crippen molar-refractivity contribution in [1.82, 2.24) is 9.97 Å². The van der Waals surface area contributed by atoms with Crippen LogP contribution in [-0.4, -0.2) is 53.2 Å². The standard InChI is InChI=1S/C13H20ClN3O2S/c1-10-8-19-5-3-17(10)12-7-11(15-13(14)16-12)9-20-6-2-4-18/h7,10,18H,2-6,8-9H2,1H3/p+1/t10-/m0/s1. The lowest BCUT2D eigenvalue weighted by Crippen LogP contribution is -2.44. The first kappa shape index (κ1) is 15.8. The molecule has 2 heterocycles. The topological polar surface area (TPSA) is 58.5 Å². The van der Waals surface area contributed by atoms with E-state index in [9.17, 15) is 0 Å². The highest BCUT2D eigenvalue weighted by molar-refractivity contribution is 7.77. The zero-order valence-corrected chi connectivity index (χ0v) is 13.3. The molecular weight excluding hydrogens is 298 g/mol. The van der Waals surface area contributed by atoms with Crippen LogP contribution in [0.3, 0.4) is 0 Å². The van der Waals surface area contributed by atoms with E-state index in [0.29, 0.717) is 17.9 Å². The second kappa shape index (κ2) is 8.02. The lowest BCUT2D eigenvalue weighted by Gasteiger charge is -2.34. The number of aromatic nitrogens is 2. The van der Waals surface area contributed by atoms with Gasteiger partial charge in [-0.25, -0.2) is 9.97 Å². The van der Waals surface area contributed by atoms with Gasteiger partial charge in [-0.1, -0.05) is 0 Å². The summed E-state index contributed by atoms with van der Waals surface area (Å²) in [5, 5.41) is 9.08. The molecule has 1 aromatic rings. The van der Waals surface area contributed by atoms with Crippen molar-refractivity contribution < 1.29 is 9.84 Å². The van der Waals surface area contributed by atoms with E-state index in [1.165, 1.54) is 11.8 Å². The molecule has 7 heteroatoms. The van der Waals surface area contributed by atoms with Crippen LogP contribution in [-0.2, 0) is 22.3 Å². The Balaban J connectivity index is 2.03. The zero-order chi connectivity index (χ0) is 14.4. The van der Waals surface area contributed by atoms with Gasteiger partial charge < -0.3 is 14.7 Å². The summed E-state index contributed by atoms with van der Waals surface area (Å²) < 4.78 is 5.44. The number of ether oxygens (including phenoxy) is 1. The van der Waals surface area contributed by atoms with Crippen LogP contribution in [0.15, 0.2) is 6.07 Å². The summed E-state index contributed by atoms with van der Waals surface area (Å²) in [6.45, 7) is 4.63. The second-order valence-corrected chi connectivity index (χ2v) is 6.34. The second-order valence-electron chi connectivity index (χ2n) is 4.79. The summed E-state index contributed by atoms with van der Waals surface area (Å²) in [6.07, 6.45) is 0.827. The van der Waals surface area contributed by atoms with Crippen LogP contribution in [0.1, 0.15) is 19.0 Å². The van der Waals surface area contributed by atoms with Crippen molar-refractivity contribution >= 4 is 29.2 Å². The van der Waals surface area contributed by atoms with Crippen molar-refractivity contribution in [2.75, 3.05) is 37.0 Å². The number of hydrogen-bond acceptors (Lipinski definition) is 5.